The largest absolute Gasteiger partial charge is 0.465 e. The molecule has 1 saturated carbocycles. The maximum Gasteiger partial charge on any atom is 0.322 e. The minimum atomic E-state index is -1.31. The summed E-state index contributed by atoms with van der Waals surface area (Å²) in [5.41, 5.74) is 0.387. The van der Waals surface area contributed by atoms with Crippen molar-refractivity contribution >= 4 is 23.3 Å². The molecule has 0 radical (unpaired) electrons. The third-order valence-corrected chi connectivity index (χ3v) is 3.95. The van der Waals surface area contributed by atoms with E-state index in [9.17, 15) is 18.8 Å². The molecule has 26 heavy (non-hydrogen) atoms. The summed E-state index contributed by atoms with van der Waals surface area (Å²) in [5.74, 6) is -3.67. The molecule has 0 heterocycles. The van der Waals surface area contributed by atoms with Gasteiger partial charge in [0.05, 0.1) is 12.2 Å². The standard InChI is InChI=1S/C19H19FN2O4/c1-3-26-19(25)14(6-7-17(23)12-4-5-12)18(24)22-16-9-13(10-21)15(20)8-11(16)2/h6-9,12,14H,3-5H2,1-2H3,(H,22,24)/b7-6+. The van der Waals surface area contributed by atoms with Crippen LogP contribution in [0.5, 0.6) is 0 Å². The monoisotopic (exact) mass is 358 g/mol. The first-order valence-corrected chi connectivity index (χ1v) is 8.27. The van der Waals surface area contributed by atoms with Crippen molar-refractivity contribution in [1.82, 2.24) is 0 Å². The van der Waals surface area contributed by atoms with Crippen LogP contribution in [-0.2, 0) is 19.1 Å². The van der Waals surface area contributed by atoms with Crippen molar-refractivity contribution in [2.45, 2.75) is 26.7 Å². The number of allylic oxidation sites excluding steroid dienone is 1. The lowest BCUT2D eigenvalue weighted by molar-refractivity contribution is -0.148. The number of rotatable bonds is 7. The molecule has 1 unspecified atom stereocenters. The number of ketones is 1. The molecule has 1 fully saturated rings. The van der Waals surface area contributed by atoms with Crippen LogP contribution in [0.25, 0.3) is 0 Å². The van der Waals surface area contributed by atoms with E-state index in [1.165, 1.54) is 18.2 Å². The van der Waals surface area contributed by atoms with Crippen molar-refractivity contribution in [2.75, 3.05) is 11.9 Å². The van der Waals surface area contributed by atoms with Crippen LogP contribution in [0, 0.1) is 35.9 Å². The lowest BCUT2D eigenvalue weighted by atomic mass is 10.1. The van der Waals surface area contributed by atoms with E-state index in [-0.39, 0.29) is 29.6 Å². The van der Waals surface area contributed by atoms with Gasteiger partial charge in [-0.25, -0.2) is 4.39 Å². The molecule has 6 nitrogen and oxygen atoms in total. The summed E-state index contributed by atoms with van der Waals surface area (Å²) in [6.07, 6.45) is 4.07. The Hall–Kier alpha value is -3.01. The zero-order chi connectivity index (χ0) is 19.3. The molecule has 1 N–H and O–H groups in total. The van der Waals surface area contributed by atoms with Crippen molar-refractivity contribution in [2.24, 2.45) is 11.8 Å². The second-order valence-electron chi connectivity index (χ2n) is 6.01. The second kappa shape index (κ2) is 8.39. The van der Waals surface area contributed by atoms with Gasteiger partial charge in [-0.3, -0.25) is 14.4 Å². The average molecular weight is 358 g/mol. The van der Waals surface area contributed by atoms with Crippen molar-refractivity contribution in [1.29, 1.82) is 5.26 Å². The van der Waals surface area contributed by atoms with E-state index in [0.29, 0.717) is 5.56 Å². The fourth-order valence-corrected chi connectivity index (χ4v) is 2.30. The molecule has 1 aliphatic rings. The zero-order valence-corrected chi connectivity index (χ0v) is 14.5. The minimum Gasteiger partial charge on any atom is -0.465 e. The van der Waals surface area contributed by atoms with Gasteiger partial charge in [-0.15, -0.1) is 0 Å². The van der Waals surface area contributed by atoms with E-state index < -0.39 is 23.6 Å². The first-order valence-electron chi connectivity index (χ1n) is 8.27. The fourth-order valence-electron chi connectivity index (χ4n) is 2.30. The zero-order valence-electron chi connectivity index (χ0n) is 14.5. The molecule has 2 rings (SSSR count). The number of ether oxygens (including phenoxy) is 1. The number of nitrogens with one attached hydrogen (secondary N) is 1. The maximum absolute atomic E-state index is 13.6. The van der Waals surface area contributed by atoms with Gasteiger partial charge >= 0.3 is 5.97 Å². The van der Waals surface area contributed by atoms with E-state index in [2.05, 4.69) is 5.32 Å². The number of anilines is 1. The van der Waals surface area contributed by atoms with Gasteiger partial charge in [0.2, 0.25) is 5.91 Å². The third kappa shape index (κ3) is 4.76. The summed E-state index contributed by atoms with van der Waals surface area (Å²) < 4.78 is 18.5. The van der Waals surface area contributed by atoms with Crippen LogP contribution in [0.3, 0.4) is 0 Å². The Morgan fingerprint density at radius 2 is 2.12 bits per heavy atom. The Kier molecular flexibility index (Phi) is 6.23. The maximum atomic E-state index is 13.6. The summed E-state index contributed by atoms with van der Waals surface area (Å²) >= 11 is 0. The summed E-state index contributed by atoms with van der Waals surface area (Å²) in [6.45, 7) is 3.25. The highest BCUT2D eigenvalue weighted by atomic mass is 19.1. The second-order valence-corrected chi connectivity index (χ2v) is 6.01. The van der Waals surface area contributed by atoms with Gasteiger partial charge in [0.25, 0.3) is 0 Å². The van der Waals surface area contributed by atoms with Crippen molar-refractivity contribution < 1.29 is 23.5 Å². The quantitative estimate of drug-likeness (QED) is 0.459. The number of hydrogen-bond acceptors (Lipinski definition) is 5. The number of esters is 1. The van der Waals surface area contributed by atoms with Crippen LogP contribution in [-0.4, -0.2) is 24.3 Å². The Bertz CT molecular complexity index is 806. The van der Waals surface area contributed by atoms with Crippen LogP contribution < -0.4 is 5.32 Å². The minimum absolute atomic E-state index is 0.0327. The topological polar surface area (TPSA) is 96.3 Å². The van der Waals surface area contributed by atoms with Crippen molar-refractivity contribution in [3.05, 3.63) is 41.2 Å². The molecule has 1 amide bonds. The Morgan fingerprint density at radius 3 is 2.69 bits per heavy atom. The van der Waals surface area contributed by atoms with Crippen LogP contribution >= 0.6 is 0 Å². The molecule has 1 aromatic carbocycles. The van der Waals surface area contributed by atoms with Gasteiger partial charge in [-0.1, -0.05) is 6.08 Å². The highest BCUT2D eigenvalue weighted by Gasteiger charge is 2.30. The highest BCUT2D eigenvalue weighted by Crippen LogP contribution is 2.30. The number of aryl methyl sites for hydroxylation is 1. The molecule has 7 heteroatoms. The molecule has 0 saturated heterocycles. The number of nitrogens with zero attached hydrogens (tertiary/aromatic N) is 1. The van der Waals surface area contributed by atoms with E-state index in [1.807, 2.05) is 0 Å². The van der Waals surface area contributed by atoms with E-state index >= 15 is 0 Å². The number of halogens is 1. The number of carbonyl (C=O) groups is 3. The van der Waals surface area contributed by atoms with Crippen LogP contribution in [0.15, 0.2) is 24.3 Å². The number of benzene rings is 1. The third-order valence-electron chi connectivity index (χ3n) is 3.95. The molecule has 136 valence electrons. The number of amides is 1. The number of nitriles is 1. The van der Waals surface area contributed by atoms with Crippen molar-refractivity contribution in [3.8, 4) is 6.07 Å². The van der Waals surface area contributed by atoms with Gasteiger partial charge in [-0.2, -0.15) is 5.26 Å². The normalized spacial score (nSPS) is 14.5. The van der Waals surface area contributed by atoms with Gasteiger partial charge in [-0.05, 0) is 50.5 Å². The Balaban J connectivity index is 2.21. The SMILES string of the molecule is CCOC(=O)C(/C=C/C(=O)C1CC1)C(=O)Nc1cc(C#N)c(F)cc1C. The van der Waals surface area contributed by atoms with Crippen molar-refractivity contribution in [3.63, 3.8) is 0 Å². The molecule has 0 aliphatic heterocycles. The Morgan fingerprint density at radius 1 is 1.42 bits per heavy atom. The molecular weight excluding hydrogens is 339 g/mol. The van der Waals surface area contributed by atoms with E-state index in [0.717, 1.165) is 18.9 Å². The van der Waals surface area contributed by atoms with E-state index in [1.54, 1.807) is 19.9 Å². The molecule has 0 aromatic heterocycles. The lowest BCUT2D eigenvalue weighted by Crippen LogP contribution is -2.30. The highest BCUT2D eigenvalue weighted by molar-refractivity contribution is 6.07. The lowest BCUT2D eigenvalue weighted by Gasteiger charge is -2.14. The summed E-state index contributed by atoms with van der Waals surface area (Å²) in [6, 6.07) is 4.01. The molecule has 0 spiro atoms. The summed E-state index contributed by atoms with van der Waals surface area (Å²) in [4.78, 5) is 36.4. The van der Waals surface area contributed by atoms with Crippen LogP contribution in [0.1, 0.15) is 30.9 Å². The van der Waals surface area contributed by atoms with E-state index in [4.69, 9.17) is 10.00 Å². The van der Waals surface area contributed by atoms with Crippen LogP contribution in [0.2, 0.25) is 0 Å². The van der Waals surface area contributed by atoms with Gasteiger partial charge in [0, 0.05) is 11.6 Å². The molecule has 1 aliphatic carbocycles. The summed E-state index contributed by atoms with van der Waals surface area (Å²) in [5, 5.41) is 11.4. The first-order chi connectivity index (χ1) is 12.4. The van der Waals surface area contributed by atoms with Crippen LogP contribution in [0.4, 0.5) is 10.1 Å². The van der Waals surface area contributed by atoms with Gasteiger partial charge in [0.1, 0.15) is 11.9 Å². The van der Waals surface area contributed by atoms with Gasteiger partial charge < -0.3 is 10.1 Å². The number of hydrogen-bond donors (Lipinski definition) is 1. The summed E-state index contributed by atoms with van der Waals surface area (Å²) in [7, 11) is 0. The molecular formula is C19H19FN2O4. The molecule has 1 aromatic rings. The molecule has 0 bridgehead atoms. The fraction of sp³-hybridized carbons (Fsp3) is 0.368. The first kappa shape index (κ1) is 19.3. The smallest absolute Gasteiger partial charge is 0.322 e. The predicted octanol–water partition coefficient (Wildman–Crippen LogP) is 2.66. The molecule has 1 atom stereocenters. The number of carbonyl (C=O) groups excluding carboxylic acids is 3. The predicted molar refractivity (Wildman–Crippen MR) is 91.5 cm³/mol. The average Bonchev–Trinajstić information content (AvgIpc) is 3.42. The Labute approximate surface area is 150 Å². The van der Waals surface area contributed by atoms with Gasteiger partial charge in [0.15, 0.2) is 11.7 Å².